The number of benzene rings is 1. The van der Waals surface area contributed by atoms with Gasteiger partial charge in [0.1, 0.15) is 11.6 Å². The number of morpholine rings is 2. The van der Waals surface area contributed by atoms with Gasteiger partial charge in [-0.05, 0) is 81.0 Å². The molecule has 0 N–H and O–H groups in total. The van der Waals surface area contributed by atoms with Gasteiger partial charge in [0.05, 0.1) is 56.7 Å². The largest absolute Gasteiger partial charge is 0.496 e. The number of unbranched alkanes of at least 4 members (excludes halogenated alkanes) is 1. The molecule has 0 radical (unpaired) electrons. The summed E-state index contributed by atoms with van der Waals surface area (Å²) in [4.78, 5) is 24.1. The van der Waals surface area contributed by atoms with E-state index in [2.05, 4.69) is 59.0 Å². The van der Waals surface area contributed by atoms with Crippen LogP contribution in [-0.2, 0) is 15.9 Å². The highest BCUT2D eigenvalue weighted by molar-refractivity contribution is 5.90. The van der Waals surface area contributed by atoms with Gasteiger partial charge < -0.3 is 24.0 Å². The zero-order valence-electron chi connectivity index (χ0n) is 24.4. The number of allylic oxidation sites excluding steroid dienone is 1. The molecule has 6 rings (SSSR count). The third-order valence-electron chi connectivity index (χ3n) is 8.28. The summed E-state index contributed by atoms with van der Waals surface area (Å²) < 4.78 is 17.1. The minimum absolute atomic E-state index is 0.195. The van der Waals surface area contributed by atoms with Crippen LogP contribution in [0.1, 0.15) is 45.1 Å². The van der Waals surface area contributed by atoms with Gasteiger partial charge in [0.2, 0.25) is 5.95 Å². The van der Waals surface area contributed by atoms with Gasteiger partial charge in [-0.2, -0.15) is 9.97 Å². The standard InChI is InChI=1S/C32H40N6O3/c1-22-20-40-16-14-37(22)31-27-9-10-28(34-30(27)35-32(36-31)38-15-17-41-21-23(38)2)25-8-11-29(39-3)26(18-25)7-5-4-6-24-12-13-33-19-24/h8-11,13,18-19,22-23H,4-7,12,14-17,20-21H2,1-3H3/t22?,23-/m0/s1. The molecule has 0 aliphatic carbocycles. The second-order valence-corrected chi connectivity index (χ2v) is 11.2. The Morgan fingerprint density at radius 1 is 0.902 bits per heavy atom. The zero-order chi connectivity index (χ0) is 28.2. The molecule has 9 nitrogen and oxygen atoms in total. The van der Waals surface area contributed by atoms with Crippen molar-refractivity contribution in [3.63, 3.8) is 0 Å². The summed E-state index contributed by atoms with van der Waals surface area (Å²) >= 11 is 0. The van der Waals surface area contributed by atoms with Crippen LogP contribution in [0.4, 0.5) is 11.8 Å². The number of pyridine rings is 1. The third kappa shape index (κ3) is 6.06. The smallest absolute Gasteiger partial charge is 0.229 e. The van der Waals surface area contributed by atoms with Gasteiger partial charge in [-0.1, -0.05) is 0 Å². The van der Waals surface area contributed by atoms with E-state index in [1.807, 2.05) is 12.4 Å². The van der Waals surface area contributed by atoms with Crippen molar-refractivity contribution < 1.29 is 14.2 Å². The number of ether oxygens (including phenoxy) is 3. The Morgan fingerprint density at radius 2 is 1.68 bits per heavy atom. The molecule has 2 fully saturated rings. The van der Waals surface area contributed by atoms with Gasteiger partial charge >= 0.3 is 0 Å². The van der Waals surface area contributed by atoms with E-state index in [4.69, 9.17) is 29.2 Å². The average Bonchev–Trinajstić information content (AvgIpc) is 3.53. The Labute approximate surface area is 242 Å². The molecule has 1 unspecified atom stereocenters. The van der Waals surface area contributed by atoms with Crippen LogP contribution in [0.5, 0.6) is 5.75 Å². The van der Waals surface area contributed by atoms with E-state index < -0.39 is 0 Å². The Balaban J connectivity index is 1.32. The van der Waals surface area contributed by atoms with E-state index >= 15 is 0 Å². The Hall–Kier alpha value is -3.56. The number of hydrogen-bond donors (Lipinski definition) is 0. The number of nitrogens with zero attached hydrogens (tertiary/aromatic N) is 6. The lowest BCUT2D eigenvalue weighted by Gasteiger charge is -2.37. The van der Waals surface area contributed by atoms with E-state index in [0.717, 1.165) is 73.4 Å². The maximum absolute atomic E-state index is 5.73. The number of aromatic nitrogens is 3. The molecule has 0 saturated carbocycles. The second kappa shape index (κ2) is 12.5. The maximum Gasteiger partial charge on any atom is 0.229 e. The summed E-state index contributed by atoms with van der Waals surface area (Å²) in [5.41, 5.74) is 5.30. The van der Waals surface area contributed by atoms with E-state index in [1.54, 1.807) is 7.11 Å². The van der Waals surface area contributed by atoms with Crippen molar-refractivity contribution in [2.45, 2.75) is 58.0 Å². The summed E-state index contributed by atoms with van der Waals surface area (Å²) in [6, 6.07) is 11.0. The van der Waals surface area contributed by atoms with Gasteiger partial charge in [-0.3, -0.25) is 4.99 Å². The summed E-state index contributed by atoms with van der Waals surface area (Å²) in [5.74, 6) is 2.56. The van der Waals surface area contributed by atoms with Gasteiger partial charge in [-0.25, -0.2) is 4.98 Å². The number of hydrogen-bond acceptors (Lipinski definition) is 9. The first-order valence-corrected chi connectivity index (χ1v) is 14.8. The first kappa shape index (κ1) is 27.6. The van der Waals surface area contributed by atoms with Crippen LogP contribution in [0, 0.1) is 0 Å². The number of aliphatic imine (C=N–C) groups is 1. The van der Waals surface area contributed by atoms with E-state index in [9.17, 15) is 0 Å². The quantitative estimate of drug-likeness (QED) is 0.332. The van der Waals surface area contributed by atoms with Crippen molar-refractivity contribution in [3.05, 3.63) is 47.7 Å². The molecule has 1 aromatic carbocycles. The summed E-state index contributed by atoms with van der Waals surface area (Å²) in [7, 11) is 1.74. The fourth-order valence-corrected chi connectivity index (χ4v) is 5.91. The Morgan fingerprint density at radius 3 is 2.41 bits per heavy atom. The normalized spacial score (nSPS) is 21.0. The number of methoxy groups -OCH3 is 1. The van der Waals surface area contributed by atoms with Crippen molar-refractivity contribution in [2.24, 2.45) is 4.99 Å². The SMILES string of the molecule is COc1ccc(-c2ccc3c(N4CCOCC4C)nc(N4CCOC[C@@H]4C)nc3n2)cc1CCCCC1=CN=CC1. The molecule has 3 aliphatic rings. The predicted octanol–water partition coefficient (Wildman–Crippen LogP) is 5.22. The predicted molar refractivity (Wildman–Crippen MR) is 163 cm³/mol. The molecule has 0 spiro atoms. The molecule has 3 aliphatic heterocycles. The van der Waals surface area contributed by atoms with Crippen LogP contribution in [0.3, 0.4) is 0 Å². The number of rotatable bonds is 9. The molecule has 0 bridgehead atoms. The number of fused-ring (bicyclic) bond motifs is 1. The average molecular weight is 557 g/mol. The molecule has 9 heteroatoms. The lowest BCUT2D eigenvalue weighted by molar-refractivity contribution is 0.0973. The van der Waals surface area contributed by atoms with Crippen LogP contribution in [-0.4, -0.2) is 79.9 Å². The summed E-state index contributed by atoms with van der Waals surface area (Å²) in [6.45, 7) is 8.59. The van der Waals surface area contributed by atoms with Crippen molar-refractivity contribution in [1.29, 1.82) is 0 Å². The van der Waals surface area contributed by atoms with Crippen LogP contribution < -0.4 is 14.5 Å². The molecular formula is C32H40N6O3. The van der Waals surface area contributed by atoms with Gasteiger partial charge in [-0.15, -0.1) is 0 Å². The molecule has 3 aromatic rings. The lowest BCUT2D eigenvalue weighted by Crippen LogP contribution is -2.46. The molecule has 0 amide bonds. The molecule has 216 valence electrons. The molecule has 41 heavy (non-hydrogen) atoms. The van der Waals surface area contributed by atoms with Crippen molar-refractivity contribution in [2.75, 3.05) is 56.4 Å². The van der Waals surface area contributed by atoms with Gasteiger partial charge in [0, 0.05) is 37.5 Å². The van der Waals surface area contributed by atoms with Gasteiger partial charge in [0.25, 0.3) is 0 Å². The highest BCUT2D eigenvalue weighted by atomic mass is 16.5. The van der Waals surface area contributed by atoms with Crippen LogP contribution in [0.15, 0.2) is 47.1 Å². The van der Waals surface area contributed by atoms with E-state index in [0.29, 0.717) is 38.0 Å². The molecular weight excluding hydrogens is 516 g/mol. The van der Waals surface area contributed by atoms with E-state index in [-0.39, 0.29) is 12.1 Å². The summed E-state index contributed by atoms with van der Waals surface area (Å²) in [6.07, 6.45) is 9.27. The first-order valence-electron chi connectivity index (χ1n) is 14.8. The highest BCUT2D eigenvalue weighted by Gasteiger charge is 2.27. The maximum atomic E-state index is 5.73. The third-order valence-corrected chi connectivity index (χ3v) is 8.28. The fourth-order valence-electron chi connectivity index (χ4n) is 5.91. The lowest BCUT2D eigenvalue weighted by atomic mass is 10.00. The number of aryl methyl sites for hydroxylation is 1. The van der Waals surface area contributed by atoms with Crippen molar-refractivity contribution in [1.82, 2.24) is 15.0 Å². The van der Waals surface area contributed by atoms with Crippen molar-refractivity contribution >= 4 is 29.0 Å². The second-order valence-electron chi connectivity index (χ2n) is 11.2. The molecule has 2 saturated heterocycles. The minimum atomic E-state index is 0.195. The monoisotopic (exact) mass is 556 g/mol. The van der Waals surface area contributed by atoms with E-state index in [1.165, 1.54) is 11.1 Å². The highest BCUT2D eigenvalue weighted by Crippen LogP contribution is 2.33. The molecule has 2 atom stereocenters. The van der Waals surface area contributed by atoms with Crippen LogP contribution >= 0.6 is 0 Å². The topological polar surface area (TPSA) is 85.2 Å². The minimum Gasteiger partial charge on any atom is -0.496 e. The Kier molecular flexibility index (Phi) is 8.43. The molecule has 2 aromatic heterocycles. The van der Waals surface area contributed by atoms with Crippen molar-refractivity contribution in [3.8, 4) is 17.0 Å². The first-order chi connectivity index (χ1) is 20.1. The summed E-state index contributed by atoms with van der Waals surface area (Å²) in [5, 5.41) is 0.964. The van der Waals surface area contributed by atoms with Crippen LogP contribution in [0.25, 0.3) is 22.3 Å². The molecule has 5 heterocycles. The van der Waals surface area contributed by atoms with Gasteiger partial charge in [0.15, 0.2) is 5.65 Å². The number of anilines is 2. The zero-order valence-corrected chi connectivity index (χ0v) is 24.4. The fraction of sp³-hybridized carbons (Fsp3) is 0.500. The van der Waals surface area contributed by atoms with Crippen LogP contribution in [0.2, 0.25) is 0 Å². The Bertz CT molecular complexity index is 1440.